The van der Waals surface area contributed by atoms with Crippen molar-refractivity contribution in [3.05, 3.63) is 182 Å². The highest BCUT2D eigenvalue weighted by Gasteiger charge is 2.24. The normalized spacial score (nSPS) is 12.2. The van der Waals surface area contributed by atoms with E-state index < -0.39 is 0 Å². The Labute approximate surface area is 330 Å². The Hall–Kier alpha value is -7.34. The van der Waals surface area contributed by atoms with E-state index in [1.165, 1.54) is 74.3 Å². The number of para-hydroxylation sites is 4. The average molecular weight is 743 g/mol. The minimum atomic E-state index is 0.663. The summed E-state index contributed by atoms with van der Waals surface area (Å²) in [4.78, 5) is 11.0. The van der Waals surface area contributed by atoms with Gasteiger partial charge in [0.15, 0.2) is 0 Å². The second kappa shape index (κ2) is 11.6. The van der Waals surface area contributed by atoms with Gasteiger partial charge < -0.3 is 4.57 Å². The van der Waals surface area contributed by atoms with E-state index >= 15 is 0 Å². The van der Waals surface area contributed by atoms with Crippen LogP contribution in [0.25, 0.3) is 119 Å². The first-order valence-corrected chi connectivity index (χ1v) is 20.2. The molecule has 0 bridgehead atoms. The van der Waals surface area contributed by atoms with Crippen molar-refractivity contribution in [2.45, 2.75) is 0 Å². The van der Waals surface area contributed by atoms with Crippen LogP contribution in [-0.4, -0.2) is 19.1 Å². The van der Waals surface area contributed by atoms with Crippen LogP contribution in [0.2, 0.25) is 0 Å². The number of fused-ring (bicyclic) bond motifs is 15. The maximum atomic E-state index is 5.57. The van der Waals surface area contributed by atoms with Crippen LogP contribution in [0.15, 0.2) is 182 Å². The molecule has 0 aliphatic heterocycles. The molecule has 4 nitrogen and oxygen atoms in total. The highest BCUT2D eigenvalue weighted by molar-refractivity contribution is 7.26. The lowest BCUT2D eigenvalue weighted by Crippen LogP contribution is -2.03. The molecule has 0 unspecified atom stereocenters. The fourth-order valence-corrected chi connectivity index (χ4v) is 10.6. The summed E-state index contributed by atoms with van der Waals surface area (Å²) in [6, 6.07) is 65.8. The number of benzene rings is 9. The van der Waals surface area contributed by atoms with Gasteiger partial charge in [0.1, 0.15) is 0 Å². The zero-order valence-electron chi connectivity index (χ0n) is 30.5. The van der Waals surface area contributed by atoms with Crippen molar-refractivity contribution in [3.8, 4) is 22.9 Å². The van der Waals surface area contributed by atoms with Crippen molar-refractivity contribution in [1.82, 2.24) is 19.1 Å². The largest absolute Gasteiger partial charge is 0.309 e. The molecule has 5 heteroatoms. The molecule has 0 saturated carbocycles. The van der Waals surface area contributed by atoms with Crippen molar-refractivity contribution >= 4 is 108 Å². The van der Waals surface area contributed by atoms with Gasteiger partial charge in [-0.1, -0.05) is 133 Å². The number of rotatable bonds is 3. The second-order valence-corrected chi connectivity index (χ2v) is 16.0. The highest BCUT2D eigenvalue weighted by Crippen LogP contribution is 2.47. The Kier molecular flexibility index (Phi) is 6.29. The molecule has 0 fully saturated rings. The maximum absolute atomic E-state index is 5.57. The van der Waals surface area contributed by atoms with Gasteiger partial charge in [0.25, 0.3) is 0 Å². The van der Waals surface area contributed by atoms with Crippen LogP contribution in [0.1, 0.15) is 0 Å². The molecule has 0 N–H and O–H groups in total. The predicted molar refractivity (Wildman–Crippen MR) is 242 cm³/mol. The molecule has 13 rings (SSSR count). The van der Waals surface area contributed by atoms with E-state index in [9.17, 15) is 0 Å². The van der Waals surface area contributed by atoms with E-state index in [0.29, 0.717) is 5.95 Å². The molecule has 0 spiro atoms. The quantitative estimate of drug-likeness (QED) is 0.169. The van der Waals surface area contributed by atoms with Crippen LogP contribution >= 0.6 is 11.3 Å². The molecule has 0 saturated heterocycles. The Morgan fingerprint density at radius 1 is 0.386 bits per heavy atom. The van der Waals surface area contributed by atoms with E-state index in [1.54, 1.807) is 0 Å². The number of thiophene rings is 1. The SMILES string of the molecule is c1ccc(-n2c3ccccc3c3ccc4sc5ccc6c7ccccc7n(-c7nc(-c8ccc9c(ccc%10ccccc%109)c8)c8ccccc8n7)c6c5c4c32)cc1. The van der Waals surface area contributed by atoms with E-state index in [1.807, 2.05) is 11.3 Å². The second-order valence-electron chi connectivity index (χ2n) is 14.9. The Morgan fingerprint density at radius 2 is 0.947 bits per heavy atom. The Bertz CT molecular complexity index is 3810. The summed E-state index contributed by atoms with van der Waals surface area (Å²) in [5, 5.41) is 13.3. The van der Waals surface area contributed by atoms with Crippen molar-refractivity contribution in [2.75, 3.05) is 0 Å². The molecule has 0 atom stereocenters. The van der Waals surface area contributed by atoms with E-state index in [-0.39, 0.29) is 0 Å². The molecule has 264 valence electrons. The van der Waals surface area contributed by atoms with Crippen molar-refractivity contribution in [2.24, 2.45) is 0 Å². The number of hydrogen-bond donors (Lipinski definition) is 0. The van der Waals surface area contributed by atoms with Gasteiger partial charge in [-0.3, -0.25) is 4.57 Å². The topological polar surface area (TPSA) is 35.6 Å². The van der Waals surface area contributed by atoms with Crippen LogP contribution < -0.4 is 0 Å². The first-order chi connectivity index (χ1) is 28.3. The molecule has 0 aliphatic rings. The van der Waals surface area contributed by atoms with Gasteiger partial charge in [0.2, 0.25) is 5.95 Å². The van der Waals surface area contributed by atoms with Gasteiger partial charge in [-0.15, -0.1) is 11.3 Å². The lowest BCUT2D eigenvalue weighted by Gasteiger charge is -2.13. The first-order valence-electron chi connectivity index (χ1n) is 19.3. The summed E-state index contributed by atoms with van der Waals surface area (Å²) in [6.07, 6.45) is 0. The summed E-state index contributed by atoms with van der Waals surface area (Å²) in [7, 11) is 0. The minimum Gasteiger partial charge on any atom is -0.309 e. The number of nitrogens with zero attached hydrogens (tertiary/aromatic N) is 4. The lowest BCUT2D eigenvalue weighted by atomic mass is 9.98. The molecule has 9 aromatic carbocycles. The van der Waals surface area contributed by atoms with Crippen molar-refractivity contribution in [1.29, 1.82) is 0 Å². The third-order valence-corrected chi connectivity index (χ3v) is 13.0. The molecule has 4 aromatic heterocycles. The number of hydrogen-bond acceptors (Lipinski definition) is 3. The first kappa shape index (κ1) is 30.9. The van der Waals surface area contributed by atoms with Crippen LogP contribution in [-0.2, 0) is 0 Å². The van der Waals surface area contributed by atoms with Gasteiger partial charge in [0, 0.05) is 58.4 Å². The highest BCUT2D eigenvalue weighted by atomic mass is 32.1. The molecule has 0 aliphatic carbocycles. The summed E-state index contributed by atoms with van der Waals surface area (Å²) in [5.41, 5.74) is 8.68. The van der Waals surface area contributed by atoms with Crippen LogP contribution in [0, 0.1) is 0 Å². The fraction of sp³-hybridized carbons (Fsp3) is 0. The molecule has 4 heterocycles. The Morgan fingerprint density at radius 3 is 1.70 bits per heavy atom. The molecular formula is C52H30N4S. The fourth-order valence-electron chi connectivity index (χ4n) is 9.45. The van der Waals surface area contributed by atoms with Gasteiger partial charge >= 0.3 is 0 Å². The number of aromatic nitrogens is 4. The van der Waals surface area contributed by atoms with E-state index in [4.69, 9.17) is 9.97 Å². The summed E-state index contributed by atoms with van der Waals surface area (Å²) < 4.78 is 7.28. The maximum Gasteiger partial charge on any atom is 0.235 e. The minimum absolute atomic E-state index is 0.663. The van der Waals surface area contributed by atoms with Gasteiger partial charge in [-0.05, 0) is 70.1 Å². The molecule has 0 radical (unpaired) electrons. The zero-order chi connectivity index (χ0) is 37.2. The summed E-state index contributed by atoms with van der Waals surface area (Å²) in [6.45, 7) is 0. The smallest absolute Gasteiger partial charge is 0.235 e. The van der Waals surface area contributed by atoms with Crippen LogP contribution in [0.4, 0.5) is 0 Å². The third-order valence-electron chi connectivity index (χ3n) is 11.9. The van der Waals surface area contributed by atoms with E-state index in [0.717, 1.165) is 38.9 Å². The van der Waals surface area contributed by atoms with Gasteiger partial charge in [0.05, 0.1) is 33.3 Å². The monoisotopic (exact) mass is 742 g/mol. The van der Waals surface area contributed by atoms with Crippen molar-refractivity contribution < 1.29 is 0 Å². The predicted octanol–water partition coefficient (Wildman–Crippen LogP) is 14.2. The molecule has 57 heavy (non-hydrogen) atoms. The Balaban J connectivity index is 1.17. The standard InChI is InChI=1S/C52H30N4S/c1-2-13-34(14-3-1)55-43-20-10-7-16-37(43)39-26-28-45-47(50(39)55)48-46(57-45)29-27-40-38-17-8-11-21-44(38)56(51(40)48)52-53-42-19-9-6-18-41(42)49(54-52)33-24-25-36-32(30-33)23-22-31-12-4-5-15-35(31)36/h1-30H. The van der Waals surface area contributed by atoms with E-state index in [2.05, 4.69) is 191 Å². The zero-order valence-corrected chi connectivity index (χ0v) is 31.3. The van der Waals surface area contributed by atoms with Gasteiger partial charge in [-0.2, -0.15) is 0 Å². The van der Waals surface area contributed by atoms with Crippen molar-refractivity contribution in [3.63, 3.8) is 0 Å². The average Bonchev–Trinajstić information content (AvgIpc) is 3.94. The molecular weight excluding hydrogens is 713 g/mol. The lowest BCUT2D eigenvalue weighted by molar-refractivity contribution is 1.02. The molecule has 13 aromatic rings. The van der Waals surface area contributed by atoms with Crippen LogP contribution in [0.5, 0.6) is 0 Å². The van der Waals surface area contributed by atoms with Crippen LogP contribution in [0.3, 0.4) is 0 Å². The molecule has 0 amide bonds. The van der Waals surface area contributed by atoms with Gasteiger partial charge in [-0.25, -0.2) is 9.97 Å². The third kappa shape index (κ3) is 4.32. The summed E-state index contributed by atoms with van der Waals surface area (Å²) >= 11 is 1.86. The summed E-state index contributed by atoms with van der Waals surface area (Å²) in [5.74, 6) is 0.663.